The third-order valence-electron chi connectivity index (χ3n) is 3.54. The summed E-state index contributed by atoms with van der Waals surface area (Å²) in [5.41, 5.74) is 1.45. The van der Waals surface area contributed by atoms with Crippen molar-refractivity contribution in [1.29, 1.82) is 0 Å². The molecule has 6 nitrogen and oxygen atoms in total. The highest BCUT2D eigenvalue weighted by molar-refractivity contribution is 5.90. The first-order valence-electron chi connectivity index (χ1n) is 7.66. The molecule has 0 atom stereocenters. The summed E-state index contributed by atoms with van der Waals surface area (Å²) >= 11 is 0. The number of carbonyl (C=O) groups excluding carboxylic acids is 1. The number of halogens is 1. The Morgan fingerprint density at radius 1 is 1.00 bits per heavy atom. The molecular formula is C18H21FN2O4. The monoisotopic (exact) mass is 348 g/mol. The number of anilines is 1. The molecule has 2 rings (SSSR count). The SMILES string of the molecule is COc1cc(NC(=O)NCCc2ccc(F)cc2)cc(OC)c1OC. The maximum Gasteiger partial charge on any atom is 0.319 e. The summed E-state index contributed by atoms with van der Waals surface area (Å²) in [6.07, 6.45) is 0.600. The van der Waals surface area contributed by atoms with Crippen LogP contribution in [0.5, 0.6) is 17.2 Å². The van der Waals surface area contributed by atoms with Crippen LogP contribution in [0, 0.1) is 5.82 Å². The van der Waals surface area contributed by atoms with Gasteiger partial charge in [-0.05, 0) is 24.1 Å². The average Bonchev–Trinajstić information content (AvgIpc) is 2.62. The molecule has 0 aliphatic carbocycles. The second kappa shape index (κ2) is 8.77. The lowest BCUT2D eigenvalue weighted by molar-refractivity contribution is 0.252. The summed E-state index contributed by atoms with van der Waals surface area (Å²) in [5, 5.41) is 5.45. The number of ether oxygens (including phenoxy) is 3. The lowest BCUT2D eigenvalue weighted by atomic mass is 10.1. The first-order valence-corrected chi connectivity index (χ1v) is 7.66. The molecule has 134 valence electrons. The molecule has 2 aromatic carbocycles. The average molecular weight is 348 g/mol. The van der Waals surface area contributed by atoms with Gasteiger partial charge in [-0.1, -0.05) is 12.1 Å². The van der Waals surface area contributed by atoms with Gasteiger partial charge in [0.05, 0.1) is 27.0 Å². The highest BCUT2D eigenvalue weighted by Gasteiger charge is 2.14. The first-order chi connectivity index (χ1) is 12.1. The molecule has 0 saturated carbocycles. The fourth-order valence-corrected chi connectivity index (χ4v) is 2.30. The van der Waals surface area contributed by atoms with Gasteiger partial charge in [0.2, 0.25) is 5.75 Å². The Morgan fingerprint density at radius 3 is 2.12 bits per heavy atom. The molecule has 0 spiro atoms. The van der Waals surface area contributed by atoms with Crippen molar-refractivity contribution in [1.82, 2.24) is 5.32 Å². The van der Waals surface area contributed by atoms with Gasteiger partial charge in [0.25, 0.3) is 0 Å². The van der Waals surface area contributed by atoms with Gasteiger partial charge in [-0.25, -0.2) is 9.18 Å². The lowest BCUT2D eigenvalue weighted by Gasteiger charge is -2.15. The third-order valence-corrected chi connectivity index (χ3v) is 3.54. The number of methoxy groups -OCH3 is 3. The van der Waals surface area contributed by atoms with Crippen molar-refractivity contribution in [3.05, 3.63) is 47.8 Å². The van der Waals surface area contributed by atoms with Crippen LogP contribution >= 0.6 is 0 Å². The summed E-state index contributed by atoms with van der Waals surface area (Å²) in [5.74, 6) is 1.07. The molecule has 0 radical (unpaired) electrons. The van der Waals surface area contributed by atoms with Crippen LogP contribution in [0.4, 0.5) is 14.9 Å². The molecule has 0 aliphatic rings. The Kier molecular flexibility index (Phi) is 6.45. The standard InChI is InChI=1S/C18H21FN2O4/c1-23-15-10-14(11-16(24-2)17(15)25-3)21-18(22)20-9-8-12-4-6-13(19)7-5-12/h4-7,10-11H,8-9H2,1-3H3,(H2,20,21,22). The molecule has 25 heavy (non-hydrogen) atoms. The van der Waals surface area contributed by atoms with Gasteiger partial charge in [-0.15, -0.1) is 0 Å². The van der Waals surface area contributed by atoms with E-state index in [9.17, 15) is 9.18 Å². The van der Waals surface area contributed by atoms with E-state index in [1.165, 1.54) is 33.5 Å². The molecule has 0 aliphatic heterocycles. The molecule has 0 bridgehead atoms. The lowest BCUT2D eigenvalue weighted by Crippen LogP contribution is -2.30. The zero-order valence-corrected chi connectivity index (χ0v) is 14.4. The van der Waals surface area contributed by atoms with Crippen LogP contribution in [-0.4, -0.2) is 33.9 Å². The van der Waals surface area contributed by atoms with Crippen molar-refractivity contribution in [3.8, 4) is 17.2 Å². The number of nitrogens with one attached hydrogen (secondary N) is 2. The second-order valence-corrected chi connectivity index (χ2v) is 5.17. The second-order valence-electron chi connectivity index (χ2n) is 5.17. The Labute approximate surface area is 145 Å². The predicted molar refractivity (Wildman–Crippen MR) is 93.2 cm³/mol. The van der Waals surface area contributed by atoms with Crippen LogP contribution in [0.3, 0.4) is 0 Å². The zero-order valence-electron chi connectivity index (χ0n) is 14.4. The minimum absolute atomic E-state index is 0.281. The van der Waals surface area contributed by atoms with E-state index in [0.29, 0.717) is 35.9 Å². The smallest absolute Gasteiger partial charge is 0.319 e. The van der Waals surface area contributed by atoms with Crippen molar-refractivity contribution in [2.45, 2.75) is 6.42 Å². The number of benzene rings is 2. The van der Waals surface area contributed by atoms with Gasteiger partial charge in [-0.3, -0.25) is 0 Å². The van der Waals surface area contributed by atoms with Crippen LogP contribution < -0.4 is 24.8 Å². The summed E-state index contributed by atoms with van der Waals surface area (Å²) in [4.78, 5) is 12.0. The Bertz CT molecular complexity index is 695. The normalized spacial score (nSPS) is 10.1. The molecule has 0 saturated heterocycles. The molecular weight excluding hydrogens is 327 g/mol. The van der Waals surface area contributed by atoms with E-state index in [-0.39, 0.29) is 11.8 Å². The predicted octanol–water partition coefficient (Wildman–Crippen LogP) is 3.22. The van der Waals surface area contributed by atoms with Gasteiger partial charge in [0, 0.05) is 18.7 Å². The number of hydrogen-bond donors (Lipinski definition) is 2. The molecule has 0 fully saturated rings. The van der Waals surface area contributed by atoms with Crippen molar-refractivity contribution in [2.24, 2.45) is 0 Å². The molecule has 7 heteroatoms. The Morgan fingerprint density at radius 2 is 1.60 bits per heavy atom. The summed E-state index contributed by atoms with van der Waals surface area (Å²) < 4.78 is 28.6. The Hall–Kier alpha value is -2.96. The van der Waals surface area contributed by atoms with Crippen LogP contribution in [0.25, 0.3) is 0 Å². The summed E-state index contributed by atoms with van der Waals surface area (Å²) in [7, 11) is 4.52. The fraction of sp³-hybridized carbons (Fsp3) is 0.278. The number of amides is 2. The van der Waals surface area contributed by atoms with Crippen LogP contribution in [0.2, 0.25) is 0 Å². The topological polar surface area (TPSA) is 68.8 Å². The van der Waals surface area contributed by atoms with Crippen LogP contribution in [-0.2, 0) is 6.42 Å². The maximum absolute atomic E-state index is 12.8. The largest absolute Gasteiger partial charge is 0.493 e. The number of carbonyl (C=O) groups is 1. The van der Waals surface area contributed by atoms with Crippen molar-refractivity contribution in [2.75, 3.05) is 33.2 Å². The van der Waals surface area contributed by atoms with Gasteiger partial charge in [0.15, 0.2) is 11.5 Å². The fourth-order valence-electron chi connectivity index (χ4n) is 2.30. The molecule has 0 unspecified atom stereocenters. The molecule has 2 amide bonds. The molecule has 0 aromatic heterocycles. The maximum atomic E-state index is 12.8. The highest BCUT2D eigenvalue weighted by Crippen LogP contribution is 2.39. The zero-order chi connectivity index (χ0) is 18.2. The van der Waals surface area contributed by atoms with Gasteiger partial charge >= 0.3 is 6.03 Å². The highest BCUT2D eigenvalue weighted by atomic mass is 19.1. The molecule has 2 N–H and O–H groups in total. The van der Waals surface area contributed by atoms with E-state index < -0.39 is 0 Å². The van der Waals surface area contributed by atoms with E-state index in [1.807, 2.05) is 0 Å². The van der Waals surface area contributed by atoms with E-state index >= 15 is 0 Å². The van der Waals surface area contributed by atoms with E-state index in [4.69, 9.17) is 14.2 Å². The number of rotatable bonds is 7. The summed E-state index contributed by atoms with van der Waals surface area (Å²) in [6, 6.07) is 9.08. The quantitative estimate of drug-likeness (QED) is 0.806. The van der Waals surface area contributed by atoms with Crippen LogP contribution in [0.15, 0.2) is 36.4 Å². The van der Waals surface area contributed by atoms with Gasteiger partial charge in [-0.2, -0.15) is 0 Å². The van der Waals surface area contributed by atoms with Gasteiger partial charge < -0.3 is 24.8 Å². The van der Waals surface area contributed by atoms with E-state index in [1.54, 1.807) is 24.3 Å². The first kappa shape index (κ1) is 18.4. The van der Waals surface area contributed by atoms with Crippen molar-refractivity contribution < 1.29 is 23.4 Å². The third kappa shape index (κ3) is 5.00. The molecule has 0 heterocycles. The van der Waals surface area contributed by atoms with Crippen molar-refractivity contribution in [3.63, 3.8) is 0 Å². The van der Waals surface area contributed by atoms with Crippen molar-refractivity contribution >= 4 is 11.7 Å². The van der Waals surface area contributed by atoms with Crippen LogP contribution in [0.1, 0.15) is 5.56 Å². The minimum atomic E-state index is -0.364. The van der Waals surface area contributed by atoms with E-state index in [0.717, 1.165) is 5.56 Å². The van der Waals surface area contributed by atoms with E-state index in [2.05, 4.69) is 10.6 Å². The summed E-state index contributed by atoms with van der Waals surface area (Å²) in [6.45, 7) is 0.419. The number of urea groups is 1. The molecule has 2 aromatic rings. The Balaban J connectivity index is 1.94. The number of hydrogen-bond acceptors (Lipinski definition) is 4. The minimum Gasteiger partial charge on any atom is -0.493 e. The van der Waals surface area contributed by atoms with Gasteiger partial charge in [0.1, 0.15) is 5.82 Å².